The molecule has 0 aliphatic carbocycles. The van der Waals surface area contributed by atoms with E-state index in [9.17, 15) is 9.59 Å². The van der Waals surface area contributed by atoms with Crippen molar-refractivity contribution >= 4 is 12.1 Å². The molecule has 0 radical (unpaired) electrons. The van der Waals surface area contributed by atoms with Crippen LogP contribution >= 0.6 is 0 Å². The van der Waals surface area contributed by atoms with E-state index in [2.05, 4.69) is 19.7 Å². The van der Waals surface area contributed by atoms with E-state index < -0.39 is 6.09 Å². The highest BCUT2D eigenvalue weighted by Crippen LogP contribution is 2.09. The van der Waals surface area contributed by atoms with E-state index in [1.807, 2.05) is 0 Å². The van der Waals surface area contributed by atoms with Crippen molar-refractivity contribution in [2.45, 2.75) is 18.9 Å². The van der Waals surface area contributed by atoms with Gasteiger partial charge in [-0.05, 0) is 6.42 Å². The minimum Gasteiger partial charge on any atom is -0.469 e. The maximum atomic E-state index is 11.0. The summed E-state index contributed by atoms with van der Waals surface area (Å²) in [5.74, 6) is -0.204. The van der Waals surface area contributed by atoms with Crippen LogP contribution in [0.1, 0.15) is 12.8 Å². The number of esters is 1. The van der Waals surface area contributed by atoms with Crippen molar-refractivity contribution in [3.63, 3.8) is 0 Å². The van der Waals surface area contributed by atoms with E-state index in [0.717, 1.165) is 19.5 Å². The molecule has 6 heteroatoms. The number of carbonyl (C=O) groups excluding carboxylic acids is 2. The van der Waals surface area contributed by atoms with Crippen molar-refractivity contribution in [2.75, 3.05) is 33.9 Å². The SMILES string of the molecule is COC(=O)CCN1CCC(NC(=O)OC)C1. The van der Waals surface area contributed by atoms with E-state index in [0.29, 0.717) is 13.0 Å². The smallest absolute Gasteiger partial charge is 0.407 e. The van der Waals surface area contributed by atoms with Crippen molar-refractivity contribution in [2.24, 2.45) is 0 Å². The van der Waals surface area contributed by atoms with Gasteiger partial charge >= 0.3 is 12.1 Å². The number of nitrogens with one attached hydrogen (secondary N) is 1. The number of amides is 1. The van der Waals surface area contributed by atoms with Crippen LogP contribution in [-0.4, -0.2) is 56.9 Å². The zero-order chi connectivity index (χ0) is 12.0. The summed E-state index contributed by atoms with van der Waals surface area (Å²) in [7, 11) is 2.73. The van der Waals surface area contributed by atoms with Crippen LogP contribution in [0, 0.1) is 0 Å². The Morgan fingerprint density at radius 2 is 2.12 bits per heavy atom. The second-order valence-corrected chi connectivity index (χ2v) is 3.75. The Hall–Kier alpha value is -1.30. The molecule has 0 bridgehead atoms. The first-order valence-electron chi connectivity index (χ1n) is 5.29. The minimum atomic E-state index is -0.403. The molecule has 0 spiro atoms. The molecule has 1 aliphatic rings. The Kier molecular flexibility index (Phi) is 5.04. The number of rotatable bonds is 4. The van der Waals surface area contributed by atoms with Crippen LogP contribution in [0.4, 0.5) is 4.79 Å². The van der Waals surface area contributed by atoms with Crippen molar-refractivity contribution in [3.05, 3.63) is 0 Å². The summed E-state index contributed by atoms with van der Waals surface area (Å²) in [5, 5.41) is 2.74. The molecule has 1 rings (SSSR count). The number of hydrogen-bond donors (Lipinski definition) is 1. The summed E-state index contributed by atoms with van der Waals surface area (Å²) in [4.78, 5) is 24.0. The lowest BCUT2D eigenvalue weighted by Crippen LogP contribution is -2.37. The van der Waals surface area contributed by atoms with Crippen LogP contribution in [-0.2, 0) is 14.3 Å². The van der Waals surface area contributed by atoms with Gasteiger partial charge in [0.15, 0.2) is 0 Å². The summed E-state index contributed by atoms with van der Waals surface area (Å²) in [6.45, 7) is 2.31. The second kappa shape index (κ2) is 6.32. The molecule has 0 saturated carbocycles. The third-order valence-electron chi connectivity index (χ3n) is 2.64. The van der Waals surface area contributed by atoms with Gasteiger partial charge in [0.25, 0.3) is 0 Å². The summed E-state index contributed by atoms with van der Waals surface area (Å²) in [5.41, 5.74) is 0. The number of carbonyl (C=O) groups is 2. The molecule has 92 valence electrons. The molecule has 1 N–H and O–H groups in total. The van der Waals surface area contributed by atoms with E-state index in [-0.39, 0.29) is 12.0 Å². The number of hydrogen-bond acceptors (Lipinski definition) is 5. The number of alkyl carbamates (subject to hydrolysis) is 1. The van der Waals surface area contributed by atoms with E-state index in [1.54, 1.807) is 0 Å². The maximum Gasteiger partial charge on any atom is 0.407 e. The first-order valence-corrected chi connectivity index (χ1v) is 5.29. The molecule has 0 aromatic rings. The predicted molar refractivity (Wildman–Crippen MR) is 57.0 cm³/mol. The number of ether oxygens (including phenoxy) is 2. The molecule has 1 atom stereocenters. The number of likely N-dealkylation sites (tertiary alicyclic amines) is 1. The second-order valence-electron chi connectivity index (χ2n) is 3.75. The van der Waals surface area contributed by atoms with Crippen LogP contribution < -0.4 is 5.32 Å². The molecule has 16 heavy (non-hydrogen) atoms. The molecular weight excluding hydrogens is 212 g/mol. The van der Waals surface area contributed by atoms with Gasteiger partial charge in [0.05, 0.1) is 20.6 Å². The number of methoxy groups -OCH3 is 2. The average molecular weight is 230 g/mol. The summed E-state index contributed by atoms with van der Waals surface area (Å²) in [6.07, 6.45) is 0.873. The number of nitrogens with zero attached hydrogens (tertiary/aromatic N) is 1. The van der Waals surface area contributed by atoms with Crippen molar-refractivity contribution in [3.8, 4) is 0 Å². The van der Waals surface area contributed by atoms with E-state index >= 15 is 0 Å². The molecule has 1 unspecified atom stereocenters. The molecular formula is C10H18N2O4. The van der Waals surface area contributed by atoms with Crippen LogP contribution in [0.3, 0.4) is 0 Å². The van der Waals surface area contributed by atoms with Gasteiger partial charge in [-0.2, -0.15) is 0 Å². The van der Waals surface area contributed by atoms with Gasteiger partial charge in [-0.25, -0.2) is 4.79 Å². The molecule has 0 aromatic carbocycles. The van der Waals surface area contributed by atoms with Crippen LogP contribution in [0.15, 0.2) is 0 Å². The Bertz CT molecular complexity index is 257. The first-order chi connectivity index (χ1) is 7.65. The molecule has 1 amide bonds. The molecule has 1 heterocycles. The van der Waals surface area contributed by atoms with Crippen molar-refractivity contribution in [1.29, 1.82) is 0 Å². The summed E-state index contributed by atoms with van der Waals surface area (Å²) in [6, 6.07) is 0.116. The standard InChI is InChI=1S/C10H18N2O4/c1-15-9(13)4-6-12-5-3-8(7-12)11-10(14)16-2/h8H,3-7H2,1-2H3,(H,11,14). The van der Waals surface area contributed by atoms with Gasteiger partial charge in [-0.3, -0.25) is 4.79 Å². The molecule has 1 aliphatic heterocycles. The Morgan fingerprint density at radius 1 is 1.38 bits per heavy atom. The fourth-order valence-corrected chi connectivity index (χ4v) is 1.73. The third kappa shape index (κ3) is 4.06. The van der Waals surface area contributed by atoms with Crippen LogP contribution in [0.2, 0.25) is 0 Å². The average Bonchev–Trinajstić information content (AvgIpc) is 2.73. The zero-order valence-electron chi connectivity index (χ0n) is 9.69. The van der Waals surface area contributed by atoms with E-state index in [4.69, 9.17) is 0 Å². The Labute approximate surface area is 94.9 Å². The lowest BCUT2D eigenvalue weighted by Gasteiger charge is -2.15. The van der Waals surface area contributed by atoms with Crippen molar-refractivity contribution < 1.29 is 19.1 Å². The lowest BCUT2D eigenvalue weighted by molar-refractivity contribution is -0.140. The molecule has 1 saturated heterocycles. The fourth-order valence-electron chi connectivity index (χ4n) is 1.73. The van der Waals surface area contributed by atoms with Crippen LogP contribution in [0.5, 0.6) is 0 Å². The zero-order valence-corrected chi connectivity index (χ0v) is 9.69. The van der Waals surface area contributed by atoms with Crippen LogP contribution in [0.25, 0.3) is 0 Å². The van der Waals surface area contributed by atoms with Gasteiger partial charge in [0.1, 0.15) is 0 Å². The highest BCUT2D eigenvalue weighted by atomic mass is 16.5. The Balaban J connectivity index is 2.19. The normalized spacial score (nSPS) is 20.5. The molecule has 1 fully saturated rings. The third-order valence-corrected chi connectivity index (χ3v) is 2.64. The highest BCUT2D eigenvalue weighted by Gasteiger charge is 2.24. The first kappa shape index (κ1) is 12.8. The van der Waals surface area contributed by atoms with Gasteiger partial charge in [0, 0.05) is 25.7 Å². The lowest BCUT2D eigenvalue weighted by atomic mass is 10.3. The monoisotopic (exact) mass is 230 g/mol. The van der Waals surface area contributed by atoms with Crippen molar-refractivity contribution in [1.82, 2.24) is 10.2 Å². The van der Waals surface area contributed by atoms with Gasteiger partial charge in [-0.15, -0.1) is 0 Å². The fraction of sp³-hybridized carbons (Fsp3) is 0.800. The van der Waals surface area contributed by atoms with Gasteiger partial charge in [-0.1, -0.05) is 0 Å². The van der Waals surface area contributed by atoms with Gasteiger partial charge < -0.3 is 19.7 Å². The highest BCUT2D eigenvalue weighted by molar-refractivity contribution is 5.69. The van der Waals surface area contributed by atoms with E-state index in [1.165, 1.54) is 14.2 Å². The largest absolute Gasteiger partial charge is 0.469 e. The molecule has 6 nitrogen and oxygen atoms in total. The maximum absolute atomic E-state index is 11.0. The molecule has 0 aromatic heterocycles. The van der Waals surface area contributed by atoms with Gasteiger partial charge in [0.2, 0.25) is 0 Å². The Morgan fingerprint density at radius 3 is 2.75 bits per heavy atom. The summed E-state index contributed by atoms with van der Waals surface area (Å²) >= 11 is 0. The summed E-state index contributed by atoms with van der Waals surface area (Å²) < 4.78 is 9.08. The topological polar surface area (TPSA) is 67.9 Å². The quantitative estimate of drug-likeness (QED) is 0.687. The predicted octanol–water partition coefficient (Wildman–Crippen LogP) is -0.0202. The minimum absolute atomic E-state index is 0.116.